The van der Waals surface area contributed by atoms with Gasteiger partial charge in [0.25, 0.3) is 0 Å². The number of aryl methyl sites for hydroxylation is 2. The van der Waals surface area contributed by atoms with Crippen LogP contribution in [0.15, 0.2) is 18.2 Å². The normalized spacial score (nSPS) is 10.9. The minimum absolute atomic E-state index is 0.192. The second-order valence-electron chi connectivity index (χ2n) is 4.82. The van der Waals surface area contributed by atoms with E-state index in [-0.39, 0.29) is 5.82 Å². The molecule has 1 aromatic heterocycles. The maximum atomic E-state index is 13.5. The van der Waals surface area contributed by atoms with E-state index in [1.54, 1.807) is 24.3 Å². The SMILES string of the molecule is CCCNCCCc1nnc(-c2ccc(C)c(F)c2)s1. The highest BCUT2D eigenvalue weighted by atomic mass is 32.1. The zero-order valence-electron chi connectivity index (χ0n) is 11.9. The molecule has 3 nitrogen and oxygen atoms in total. The summed E-state index contributed by atoms with van der Waals surface area (Å²) in [5.74, 6) is -0.192. The van der Waals surface area contributed by atoms with Gasteiger partial charge in [0.05, 0.1) is 0 Å². The summed E-state index contributed by atoms with van der Waals surface area (Å²) in [4.78, 5) is 0. The van der Waals surface area contributed by atoms with Crippen molar-refractivity contribution in [1.29, 1.82) is 0 Å². The molecule has 0 radical (unpaired) electrons. The Kier molecular flexibility index (Phi) is 5.61. The van der Waals surface area contributed by atoms with Gasteiger partial charge in [-0.1, -0.05) is 30.4 Å². The average molecular weight is 293 g/mol. The Morgan fingerprint density at radius 2 is 2.10 bits per heavy atom. The number of aromatic nitrogens is 2. The van der Waals surface area contributed by atoms with Gasteiger partial charge in [-0.3, -0.25) is 0 Å². The predicted molar refractivity (Wildman–Crippen MR) is 81.5 cm³/mol. The van der Waals surface area contributed by atoms with E-state index in [0.29, 0.717) is 5.56 Å². The van der Waals surface area contributed by atoms with E-state index < -0.39 is 0 Å². The van der Waals surface area contributed by atoms with Crippen LogP contribution in [0.25, 0.3) is 10.6 Å². The Morgan fingerprint density at radius 3 is 2.85 bits per heavy atom. The Morgan fingerprint density at radius 1 is 1.25 bits per heavy atom. The van der Waals surface area contributed by atoms with Gasteiger partial charge in [0.1, 0.15) is 15.8 Å². The van der Waals surface area contributed by atoms with Crippen molar-refractivity contribution in [3.63, 3.8) is 0 Å². The number of halogens is 1. The third-order valence-electron chi connectivity index (χ3n) is 3.06. The van der Waals surface area contributed by atoms with E-state index >= 15 is 0 Å². The Hall–Kier alpha value is -1.33. The van der Waals surface area contributed by atoms with E-state index in [2.05, 4.69) is 22.4 Å². The lowest BCUT2D eigenvalue weighted by molar-refractivity contribution is 0.619. The van der Waals surface area contributed by atoms with E-state index in [1.165, 1.54) is 6.07 Å². The first kappa shape index (κ1) is 15.1. The molecule has 0 fully saturated rings. The predicted octanol–water partition coefficient (Wildman–Crippen LogP) is 3.58. The number of hydrogen-bond acceptors (Lipinski definition) is 4. The van der Waals surface area contributed by atoms with E-state index in [0.717, 1.165) is 47.9 Å². The van der Waals surface area contributed by atoms with Crippen molar-refractivity contribution in [1.82, 2.24) is 15.5 Å². The Labute approximate surface area is 123 Å². The standard InChI is InChI=1S/C15H20FN3S/c1-3-8-17-9-4-5-14-18-19-15(20-14)12-7-6-11(2)13(16)10-12/h6-7,10,17H,3-5,8-9H2,1-2H3. The number of nitrogens with one attached hydrogen (secondary N) is 1. The zero-order valence-corrected chi connectivity index (χ0v) is 12.8. The second kappa shape index (κ2) is 7.45. The molecule has 0 amide bonds. The molecule has 5 heteroatoms. The molecule has 0 spiro atoms. The van der Waals surface area contributed by atoms with Crippen LogP contribution in [0, 0.1) is 12.7 Å². The van der Waals surface area contributed by atoms with E-state index in [9.17, 15) is 4.39 Å². The van der Waals surface area contributed by atoms with Crippen molar-refractivity contribution in [2.75, 3.05) is 13.1 Å². The Balaban J connectivity index is 1.93. The second-order valence-corrected chi connectivity index (χ2v) is 5.88. The van der Waals surface area contributed by atoms with Crippen LogP contribution in [0.5, 0.6) is 0 Å². The molecule has 2 rings (SSSR count). The first-order valence-electron chi connectivity index (χ1n) is 7.00. The average Bonchev–Trinajstić information content (AvgIpc) is 2.90. The molecule has 0 aliphatic carbocycles. The fraction of sp³-hybridized carbons (Fsp3) is 0.467. The molecular weight excluding hydrogens is 273 g/mol. The summed E-state index contributed by atoms with van der Waals surface area (Å²) >= 11 is 1.55. The molecule has 1 N–H and O–H groups in total. The van der Waals surface area contributed by atoms with Crippen molar-refractivity contribution in [2.24, 2.45) is 0 Å². The number of benzene rings is 1. The minimum atomic E-state index is -0.192. The van der Waals surface area contributed by atoms with Gasteiger partial charge in [-0.2, -0.15) is 0 Å². The third-order valence-corrected chi connectivity index (χ3v) is 4.09. The highest BCUT2D eigenvalue weighted by Crippen LogP contribution is 2.25. The van der Waals surface area contributed by atoms with Crippen LogP contribution in [-0.4, -0.2) is 23.3 Å². The summed E-state index contributed by atoms with van der Waals surface area (Å²) in [5.41, 5.74) is 1.46. The van der Waals surface area contributed by atoms with E-state index in [4.69, 9.17) is 0 Å². The largest absolute Gasteiger partial charge is 0.317 e. The molecule has 20 heavy (non-hydrogen) atoms. The lowest BCUT2D eigenvalue weighted by Gasteiger charge is -2.00. The molecule has 0 bridgehead atoms. The summed E-state index contributed by atoms with van der Waals surface area (Å²) in [6.45, 7) is 5.98. The number of hydrogen-bond donors (Lipinski definition) is 1. The Bertz CT molecular complexity index is 554. The van der Waals surface area contributed by atoms with Gasteiger partial charge in [-0.25, -0.2) is 4.39 Å². The smallest absolute Gasteiger partial charge is 0.147 e. The van der Waals surface area contributed by atoms with E-state index in [1.807, 2.05) is 6.07 Å². The molecule has 0 aliphatic rings. The van der Waals surface area contributed by atoms with Gasteiger partial charge < -0.3 is 5.32 Å². The van der Waals surface area contributed by atoms with Gasteiger partial charge in [0, 0.05) is 12.0 Å². The fourth-order valence-corrected chi connectivity index (χ4v) is 2.74. The third kappa shape index (κ3) is 4.08. The van der Waals surface area contributed by atoms with Crippen molar-refractivity contribution < 1.29 is 4.39 Å². The number of rotatable bonds is 7. The highest BCUT2D eigenvalue weighted by Gasteiger charge is 2.08. The summed E-state index contributed by atoms with van der Waals surface area (Å²) in [5, 5.41) is 13.5. The van der Waals surface area contributed by atoms with Crippen LogP contribution in [0.1, 0.15) is 30.3 Å². The molecule has 0 saturated heterocycles. The van der Waals surface area contributed by atoms with Gasteiger partial charge in [-0.05, 0) is 44.5 Å². The first-order chi connectivity index (χ1) is 9.70. The van der Waals surface area contributed by atoms with Crippen LogP contribution in [-0.2, 0) is 6.42 Å². The van der Waals surface area contributed by atoms with Gasteiger partial charge in [-0.15, -0.1) is 10.2 Å². The van der Waals surface area contributed by atoms with Crippen molar-refractivity contribution in [2.45, 2.75) is 33.1 Å². The molecule has 0 aliphatic heterocycles. The molecular formula is C15H20FN3S. The van der Waals surface area contributed by atoms with Crippen molar-refractivity contribution >= 4 is 11.3 Å². The lowest BCUT2D eigenvalue weighted by Crippen LogP contribution is -2.16. The van der Waals surface area contributed by atoms with Gasteiger partial charge in [0.15, 0.2) is 0 Å². The number of nitrogens with zero attached hydrogens (tertiary/aromatic N) is 2. The molecule has 0 unspecified atom stereocenters. The quantitative estimate of drug-likeness (QED) is 0.793. The van der Waals surface area contributed by atoms with Gasteiger partial charge in [0.2, 0.25) is 0 Å². The maximum absolute atomic E-state index is 13.5. The topological polar surface area (TPSA) is 37.8 Å². The van der Waals surface area contributed by atoms with Crippen LogP contribution in [0.3, 0.4) is 0 Å². The van der Waals surface area contributed by atoms with Crippen LogP contribution < -0.4 is 5.32 Å². The monoisotopic (exact) mass is 293 g/mol. The maximum Gasteiger partial charge on any atom is 0.147 e. The van der Waals surface area contributed by atoms with Gasteiger partial charge >= 0.3 is 0 Å². The van der Waals surface area contributed by atoms with Crippen LogP contribution >= 0.6 is 11.3 Å². The van der Waals surface area contributed by atoms with Crippen molar-refractivity contribution in [3.8, 4) is 10.6 Å². The lowest BCUT2D eigenvalue weighted by atomic mass is 10.1. The molecule has 1 aromatic carbocycles. The molecule has 2 aromatic rings. The molecule has 108 valence electrons. The first-order valence-corrected chi connectivity index (χ1v) is 7.82. The molecule has 0 atom stereocenters. The highest BCUT2D eigenvalue weighted by molar-refractivity contribution is 7.14. The summed E-state index contributed by atoms with van der Waals surface area (Å²) in [6.07, 6.45) is 3.13. The minimum Gasteiger partial charge on any atom is -0.317 e. The zero-order chi connectivity index (χ0) is 14.4. The van der Waals surface area contributed by atoms with Crippen molar-refractivity contribution in [3.05, 3.63) is 34.6 Å². The fourth-order valence-electron chi connectivity index (χ4n) is 1.86. The molecule has 1 heterocycles. The summed E-state index contributed by atoms with van der Waals surface area (Å²) in [6, 6.07) is 5.20. The molecule has 0 saturated carbocycles. The van der Waals surface area contributed by atoms with Crippen LogP contribution in [0.2, 0.25) is 0 Å². The summed E-state index contributed by atoms with van der Waals surface area (Å²) in [7, 11) is 0. The summed E-state index contributed by atoms with van der Waals surface area (Å²) < 4.78 is 13.5. The van der Waals surface area contributed by atoms with Crippen LogP contribution in [0.4, 0.5) is 4.39 Å².